The van der Waals surface area contributed by atoms with Crippen molar-refractivity contribution in [2.45, 2.75) is 65.2 Å². The largest absolute Gasteiger partial charge is 4.00 e. The first-order chi connectivity index (χ1) is 13.3. The molecule has 0 radical (unpaired) electrons. The van der Waals surface area contributed by atoms with E-state index in [2.05, 4.69) is 25.6 Å². The summed E-state index contributed by atoms with van der Waals surface area (Å²) in [7, 11) is 3.56. The molecule has 2 atom stereocenters. The first-order valence-corrected chi connectivity index (χ1v) is 12.2. The monoisotopic (exact) mass is 637 g/mol. The molecule has 1 rings (SSSR count). The van der Waals surface area contributed by atoms with Crippen LogP contribution in [0.25, 0.3) is 0 Å². The maximum atomic E-state index is 10.5. The average molecular weight is 638 g/mol. The van der Waals surface area contributed by atoms with E-state index in [-0.39, 0.29) is 45.4 Å². The van der Waals surface area contributed by atoms with Gasteiger partial charge >= 0.3 is 21.1 Å². The van der Waals surface area contributed by atoms with E-state index in [9.17, 15) is 28.2 Å². The molecule has 178 valence electrons. The van der Waals surface area contributed by atoms with Crippen molar-refractivity contribution in [3.63, 3.8) is 0 Å². The van der Waals surface area contributed by atoms with Crippen LogP contribution in [0.5, 0.6) is 0 Å². The Morgan fingerprint density at radius 2 is 0.931 bits per heavy atom. The topological polar surface area (TPSA) is 166 Å². The Kier molecular flexibility index (Phi) is 47.9. The van der Waals surface area contributed by atoms with Crippen molar-refractivity contribution in [3.05, 3.63) is 14.1 Å². The molecule has 8 nitrogen and oxygen atoms in total. The first-order valence-electron chi connectivity index (χ1n) is 9.24. The molecule has 11 heteroatoms. The van der Waals surface area contributed by atoms with Crippen LogP contribution in [0.4, 0.5) is 0 Å². The van der Waals surface area contributed by atoms with Crippen molar-refractivity contribution >= 4 is 33.5 Å². The van der Waals surface area contributed by atoms with E-state index in [1.165, 1.54) is 38.5 Å². The van der Waals surface area contributed by atoms with E-state index in [1.807, 2.05) is 0 Å². The Balaban J connectivity index is -0.0000000908. The van der Waals surface area contributed by atoms with Gasteiger partial charge in [-0.25, -0.2) is 0 Å². The number of aliphatic carboxylic acids is 2. The van der Waals surface area contributed by atoms with Crippen LogP contribution in [0.15, 0.2) is 0 Å². The molecule has 0 aromatic rings. The Hall–Kier alpha value is -0.152. The zero-order chi connectivity index (χ0) is 22.8. The molecule has 0 heterocycles. The third kappa shape index (κ3) is 47.2. The van der Waals surface area contributed by atoms with Crippen molar-refractivity contribution in [1.29, 1.82) is 0 Å². The molecule has 1 saturated carbocycles. The second-order valence-electron chi connectivity index (χ2n) is 5.23. The summed E-state index contributed by atoms with van der Waals surface area (Å²) in [4.78, 5) is 19.5. The summed E-state index contributed by atoms with van der Waals surface area (Å²) in [5, 5.41) is 19.5. The maximum absolute atomic E-state index is 10.5. The number of hydrogen-bond acceptors (Lipinski definition) is 8. The van der Waals surface area contributed by atoms with Gasteiger partial charge in [-0.05, 0) is 12.8 Å². The Bertz CT molecular complexity index is 357. The number of carboxylic acid groups (broad SMARTS) is 2. The predicted octanol–water partition coefficient (Wildman–Crippen LogP) is -0.399. The molecular weight excluding hydrogens is 599 g/mol. The summed E-state index contributed by atoms with van der Waals surface area (Å²) in [5.41, 5.74) is 8.50. The fraction of sp³-hybridized carbons (Fsp3) is 0.778. The number of carbonyl (C=O) groups excluding carboxylic acids is 2. The number of rotatable bonds is 8. The number of carbonyl (C=O) groups is 2. The maximum Gasteiger partial charge on any atom is 4.00 e. The molecule has 1 aliphatic rings. The van der Waals surface area contributed by atoms with E-state index in [1.54, 1.807) is 13.8 Å². The Morgan fingerprint density at radius 3 is 1.07 bits per heavy atom. The molecule has 0 aromatic carbocycles. The summed E-state index contributed by atoms with van der Waals surface area (Å²) < 4.78 is 21.1. The van der Waals surface area contributed by atoms with Crippen LogP contribution >= 0.6 is 0 Å². The van der Waals surface area contributed by atoms with Gasteiger partial charge in [0.1, 0.15) is 0 Å². The molecule has 0 spiro atoms. The SMILES string of the molecule is C1CCCCC1.CCS(=O)CCC(=O)[O-].CCS(=O)CCC(=O)[O-].[CH2-]N.[CH2-]N.[Pt+4]. The molecule has 0 saturated heterocycles. The van der Waals surface area contributed by atoms with Crippen LogP contribution in [-0.4, -0.2) is 43.4 Å². The zero-order valence-corrected chi connectivity index (χ0v) is 21.5. The van der Waals surface area contributed by atoms with Gasteiger partial charge in [-0.2, -0.15) is 0 Å². The second kappa shape index (κ2) is 35.3. The molecule has 0 amide bonds. The first kappa shape index (κ1) is 39.3. The molecule has 1 fully saturated rings. The van der Waals surface area contributed by atoms with Gasteiger partial charge in [-0.15, -0.1) is 0 Å². The smallest absolute Gasteiger partial charge is 0.550 e. The van der Waals surface area contributed by atoms with Gasteiger partial charge in [-0.3, -0.25) is 22.5 Å². The second-order valence-corrected chi connectivity index (χ2v) is 8.96. The van der Waals surface area contributed by atoms with Gasteiger partial charge in [0, 0.05) is 56.5 Å². The van der Waals surface area contributed by atoms with Crippen molar-refractivity contribution in [2.24, 2.45) is 11.5 Å². The van der Waals surface area contributed by atoms with Gasteiger partial charge in [0.05, 0.1) is 0 Å². The third-order valence-corrected chi connectivity index (χ3v) is 5.82. The molecule has 0 bridgehead atoms. The van der Waals surface area contributed by atoms with Crippen LogP contribution in [0.3, 0.4) is 0 Å². The molecule has 4 N–H and O–H groups in total. The number of hydrogen-bond donors (Lipinski definition) is 2. The van der Waals surface area contributed by atoms with Crippen LogP contribution < -0.4 is 21.7 Å². The van der Waals surface area contributed by atoms with Gasteiger partial charge in [-0.1, -0.05) is 52.4 Å². The summed E-state index contributed by atoms with van der Waals surface area (Å²) >= 11 is 0. The zero-order valence-electron chi connectivity index (χ0n) is 17.6. The van der Waals surface area contributed by atoms with Gasteiger partial charge in [0.25, 0.3) is 0 Å². The fourth-order valence-electron chi connectivity index (χ4n) is 1.74. The van der Waals surface area contributed by atoms with E-state index in [4.69, 9.17) is 0 Å². The summed E-state index contributed by atoms with van der Waals surface area (Å²) in [5.74, 6) is -0.772. The fourth-order valence-corrected chi connectivity index (χ4v) is 3.11. The van der Waals surface area contributed by atoms with Crippen LogP contribution in [-0.2, 0) is 52.3 Å². The minimum atomic E-state index is -1.13. The minimum absolute atomic E-state index is 0. The molecule has 0 aliphatic heterocycles. The van der Waals surface area contributed by atoms with E-state index >= 15 is 0 Å². The minimum Gasteiger partial charge on any atom is -0.550 e. The Labute approximate surface area is 196 Å². The van der Waals surface area contributed by atoms with Crippen LogP contribution in [0.1, 0.15) is 65.2 Å². The average Bonchev–Trinajstić information content (AvgIpc) is 2.75. The summed E-state index contributed by atoms with van der Waals surface area (Å²) in [6, 6.07) is 0. The van der Waals surface area contributed by atoms with Gasteiger partial charge in [0.15, 0.2) is 0 Å². The number of nitrogens with two attached hydrogens (primary N) is 2. The number of carboxylic acids is 2. The predicted molar refractivity (Wildman–Crippen MR) is 113 cm³/mol. The van der Waals surface area contributed by atoms with Crippen molar-refractivity contribution in [3.8, 4) is 0 Å². The quantitative estimate of drug-likeness (QED) is 0.339. The third-order valence-electron chi connectivity index (χ3n) is 3.21. The van der Waals surface area contributed by atoms with Crippen LogP contribution in [0, 0.1) is 14.1 Å². The molecular formula is C18H38N2O6PtS2. The van der Waals surface area contributed by atoms with Crippen molar-refractivity contribution < 1.29 is 49.3 Å². The Morgan fingerprint density at radius 1 is 0.724 bits per heavy atom. The standard InChI is InChI=1S/C6H12.2C5H10O3S.2CH4N.Pt/c1-2-4-6-5-3-1;2*1-2-9(8)4-3-5(6)7;2*1-2;/h1-6H2;2*2-4H2,1H3,(H,6,7);2*1-2H2;/q;;;2*-1;+4/p-2. The normalized spacial score (nSPS) is 13.4. The van der Waals surface area contributed by atoms with E-state index in [0.29, 0.717) is 11.5 Å². The van der Waals surface area contributed by atoms with Gasteiger partial charge < -0.3 is 31.3 Å². The van der Waals surface area contributed by atoms with E-state index < -0.39 is 33.5 Å². The summed E-state index contributed by atoms with van der Waals surface area (Å²) in [6.45, 7) is 3.51. The molecule has 2 unspecified atom stereocenters. The molecule has 29 heavy (non-hydrogen) atoms. The molecule has 1 aliphatic carbocycles. The van der Waals surface area contributed by atoms with E-state index in [0.717, 1.165) is 0 Å². The molecule has 0 aromatic heterocycles. The summed E-state index contributed by atoms with van der Waals surface area (Å²) in [6.07, 6.45) is 8.81. The van der Waals surface area contributed by atoms with Crippen molar-refractivity contribution in [2.75, 3.05) is 23.0 Å². The van der Waals surface area contributed by atoms with Gasteiger partial charge in [0.2, 0.25) is 0 Å². The van der Waals surface area contributed by atoms with Crippen LogP contribution in [0.2, 0.25) is 0 Å². The van der Waals surface area contributed by atoms with Crippen molar-refractivity contribution in [1.82, 2.24) is 0 Å².